The second-order valence-corrected chi connectivity index (χ2v) is 9.02. The van der Waals surface area contributed by atoms with Gasteiger partial charge in [-0.2, -0.15) is 0 Å². The number of carbonyl (C=O) groups is 1. The SMILES string of the molecule is CCC(NC(=O)c1ccc(Cl)c(S(=O)(=O)Nc2cccc(C)c2)c1)c1ccccc1. The molecule has 30 heavy (non-hydrogen) atoms. The molecule has 5 nitrogen and oxygen atoms in total. The fraction of sp³-hybridized carbons (Fsp3) is 0.174. The van der Waals surface area contributed by atoms with Crippen molar-refractivity contribution < 1.29 is 13.2 Å². The number of amides is 1. The maximum absolute atomic E-state index is 12.9. The van der Waals surface area contributed by atoms with Gasteiger partial charge < -0.3 is 5.32 Å². The normalized spacial score (nSPS) is 12.2. The number of aryl methyl sites for hydroxylation is 1. The maximum Gasteiger partial charge on any atom is 0.263 e. The van der Waals surface area contributed by atoms with E-state index in [4.69, 9.17) is 11.6 Å². The number of halogens is 1. The minimum Gasteiger partial charge on any atom is -0.345 e. The molecule has 7 heteroatoms. The molecule has 0 fully saturated rings. The highest BCUT2D eigenvalue weighted by molar-refractivity contribution is 7.92. The Morgan fingerprint density at radius 2 is 1.73 bits per heavy atom. The molecule has 0 aliphatic carbocycles. The number of carbonyl (C=O) groups excluding carboxylic acids is 1. The Labute approximate surface area is 182 Å². The molecule has 0 aliphatic rings. The monoisotopic (exact) mass is 442 g/mol. The molecule has 0 spiro atoms. The van der Waals surface area contributed by atoms with E-state index in [-0.39, 0.29) is 27.4 Å². The van der Waals surface area contributed by atoms with Gasteiger partial charge in [-0.1, -0.05) is 61.0 Å². The number of rotatable bonds is 7. The minimum absolute atomic E-state index is 0.0433. The van der Waals surface area contributed by atoms with E-state index in [1.54, 1.807) is 18.2 Å². The first-order valence-electron chi connectivity index (χ1n) is 9.55. The predicted molar refractivity (Wildman–Crippen MR) is 120 cm³/mol. The van der Waals surface area contributed by atoms with E-state index >= 15 is 0 Å². The summed E-state index contributed by atoms with van der Waals surface area (Å²) in [4.78, 5) is 12.7. The van der Waals surface area contributed by atoms with Crippen LogP contribution < -0.4 is 10.0 Å². The van der Waals surface area contributed by atoms with Crippen LogP contribution in [-0.4, -0.2) is 14.3 Å². The Kier molecular flexibility index (Phi) is 6.80. The van der Waals surface area contributed by atoms with Crippen LogP contribution in [0.3, 0.4) is 0 Å². The van der Waals surface area contributed by atoms with Crippen LogP contribution in [0, 0.1) is 6.92 Å². The zero-order valence-electron chi connectivity index (χ0n) is 16.7. The van der Waals surface area contributed by atoms with Crippen LogP contribution in [0.25, 0.3) is 0 Å². The third-order valence-electron chi connectivity index (χ3n) is 4.67. The average Bonchev–Trinajstić information content (AvgIpc) is 2.72. The summed E-state index contributed by atoms with van der Waals surface area (Å²) in [7, 11) is -3.96. The lowest BCUT2D eigenvalue weighted by Gasteiger charge is -2.18. The number of hydrogen-bond acceptors (Lipinski definition) is 3. The molecule has 3 aromatic carbocycles. The summed E-state index contributed by atoms with van der Waals surface area (Å²) in [5.41, 5.74) is 2.55. The van der Waals surface area contributed by atoms with Crippen molar-refractivity contribution in [3.05, 3.63) is 94.5 Å². The third-order valence-corrected chi connectivity index (χ3v) is 6.53. The van der Waals surface area contributed by atoms with Gasteiger partial charge in [0.1, 0.15) is 4.90 Å². The first-order chi connectivity index (χ1) is 14.3. The topological polar surface area (TPSA) is 75.3 Å². The number of nitrogens with one attached hydrogen (secondary N) is 2. The van der Waals surface area contributed by atoms with Crippen molar-refractivity contribution in [2.45, 2.75) is 31.2 Å². The van der Waals surface area contributed by atoms with E-state index in [0.29, 0.717) is 12.1 Å². The molecule has 0 saturated heterocycles. The summed E-state index contributed by atoms with van der Waals surface area (Å²) >= 11 is 6.16. The summed E-state index contributed by atoms with van der Waals surface area (Å²) in [6, 6.07) is 20.7. The maximum atomic E-state index is 12.9. The molecule has 0 aromatic heterocycles. The Morgan fingerprint density at radius 1 is 1.00 bits per heavy atom. The van der Waals surface area contributed by atoms with Gasteiger partial charge in [0, 0.05) is 11.3 Å². The van der Waals surface area contributed by atoms with Crippen LogP contribution in [0.2, 0.25) is 5.02 Å². The summed E-state index contributed by atoms with van der Waals surface area (Å²) < 4.78 is 28.3. The molecule has 0 heterocycles. The van der Waals surface area contributed by atoms with Crippen LogP contribution in [0.4, 0.5) is 5.69 Å². The van der Waals surface area contributed by atoms with Crippen LogP contribution in [-0.2, 0) is 10.0 Å². The van der Waals surface area contributed by atoms with Gasteiger partial charge in [0.2, 0.25) is 0 Å². The number of benzene rings is 3. The van der Waals surface area contributed by atoms with Crippen LogP contribution in [0.15, 0.2) is 77.7 Å². The first kappa shape index (κ1) is 21.9. The molecule has 0 aliphatic heterocycles. The van der Waals surface area contributed by atoms with Gasteiger partial charge in [0.25, 0.3) is 15.9 Å². The average molecular weight is 443 g/mol. The smallest absolute Gasteiger partial charge is 0.263 e. The lowest BCUT2D eigenvalue weighted by molar-refractivity contribution is 0.0935. The van der Waals surface area contributed by atoms with Crippen molar-refractivity contribution in [2.24, 2.45) is 0 Å². The van der Waals surface area contributed by atoms with E-state index in [2.05, 4.69) is 10.0 Å². The van der Waals surface area contributed by atoms with Crippen LogP contribution in [0.5, 0.6) is 0 Å². The third kappa shape index (κ3) is 5.20. The molecule has 0 radical (unpaired) electrons. The molecular weight excluding hydrogens is 420 g/mol. The van der Waals surface area contributed by atoms with E-state index < -0.39 is 10.0 Å². The highest BCUT2D eigenvalue weighted by Gasteiger charge is 2.21. The van der Waals surface area contributed by atoms with E-state index in [0.717, 1.165) is 11.1 Å². The molecular formula is C23H23ClN2O3S. The molecule has 156 valence electrons. The molecule has 3 rings (SSSR count). The van der Waals surface area contributed by atoms with Crippen molar-refractivity contribution in [2.75, 3.05) is 4.72 Å². The first-order valence-corrected chi connectivity index (χ1v) is 11.4. The summed E-state index contributed by atoms with van der Waals surface area (Å²) in [5, 5.41) is 3.00. The predicted octanol–water partition coefficient (Wildman–Crippen LogP) is 5.33. The Balaban J connectivity index is 1.86. The molecule has 1 unspecified atom stereocenters. The fourth-order valence-electron chi connectivity index (χ4n) is 3.12. The number of hydrogen-bond donors (Lipinski definition) is 2. The van der Waals surface area contributed by atoms with Gasteiger partial charge in [-0.05, 0) is 54.8 Å². The van der Waals surface area contributed by atoms with Gasteiger partial charge in [0.15, 0.2) is 0 Å². The highest BCUT2D eigenvalue weighted by Crippen LogP contribution is 2.26. The molecule has 1 amide bonds. The van der Waals surface area contributed by atoms with Crippen molar-refractivity contribution >= 4 is 33.2 Å². The van der Waals surface area contributed by atoms with Crippen molar-refractivity contribution in [1.29, 1.82) is 0 Å². The van der Waals surface area contributed by atoms with Gasteiger partial charge in [-0.15, -0.1) is 0 Å². The van der Waals surface area contributed by atoms with Gasteiger partial charge in [-0.3, -0.25) is 9.52 Å². The Bertz CT molecular complexity index is 1150. The zero-order valence-corrected chi connectivity index (χ0v) is 18.3. The summed E-state index contributed by atoms with van der Waals surface area (Å²) in [6.07, 6.45) is 0.698. The quantitative estimate of drug-likeness (QED) is 0.519. The highest BCUT2D eigenvalue weighted by atomic mass is 35.5. The molecule has 0 saturated carbocycles. The standard InChI is InChI=1S/C23H23ClN2O3S/c1-3-21(17-9-5-4-6-10-17)25-23(27)18-12-13-20(24)22(15-18)30(28,29)26-19-11-7-8-16(2)14-19/h4-15,21,26H,3H2,1-2H3,(H,25,27). The Morgan fingerprint density at radius 3 is 2.40 bits per heavy atom. The minimum atomic E-state index is -3.96. The number of anilines is 1. The molecule has 3 aromatic rings. The molecule has 2 N–H and O–H groups in total. The van der Waals surface area contributed by atoms with E-state index in [1.807, 2.05) is 50.2 Å². The van der Waals surface area contributed by atoms with Crippen molar-refractivity contribution in [3.8, 4) is 0 Å². The van der Waals surface area contributed by atoms with Gasteiger partial charge in [-0.25, -0.2) is 8.42 Å². The largest absolute Gasteiger partial charge is 0.345 e. The second kappa shape index (κ2) is 9.32. The fourth-order valence-corrected chi connectivity index (χ4v) is 4.69. The second-order valence-electron chi connectivity index (χ2n) is 6.97. The lowest BCUT2D eigenvalue weighted by atomic mass is 10.0. The summed E-state index contributed by atoms with van der Waals surface area (Å²) in [5.74, 6) is -0.366. The van der Waals surface area contributed by atoms with Crippen molar-refractivity contribution in [3.63, 3.8) is 0 Å². The van der Waals surface area contributed by atoms with Crippen LogP contribution in [0.1, 0.15) is 40.9 Å². The Hall–Kier alpha value is -2.83. The number of sulfonamides is 1. The van der Waals surface area contributed by atoms with Gasteiger partial charge >= 0.3 is 0 Å². The molecule has 0 bridgehead atoms. The van der Waals surface area contributed by atoms with E-state index in [9.17, 15) is 13.2 Å². The zero-order chi connectivity index (χ0) is 21.7. The van der Waals surface area contributed by atoms with Crippen LogP contribution >= 0.6 is 11.6 Å². The van der Waals surface area contributed by atoms with Gasteiger partial charge in [0.05, 0.1) is 11.1 Å². The molecule has 1 atom stereocenters. The summed E-state index contributed by atoms with van der Waals surface area (Å²) in [6.45, 7) is 3.84. The lowest BCUT2D eigenvalue weighted by Crippen LogP contribution is -2.28. The van der Waals surface area contributed by atoms with Crippen molar-refractivity contribution in [1.82, 2.24) is 5.32 Å². The van der Waals surface area contributed by atoms with E-state index in [1.165, 1.54) is 18.2 Å².